The van der Waals surface area contributed by atoms with Crippen molar-refractivity contribution in [3.63, 3.8) is 0 Å². The van der Waals surface area contributed by atoms with Crippen LogP contribution in [0.4, 0.5) is 0 Å². The maximum absolute atomic E-state index is 12.8. The number of piperidine rings is 1. The van der Waals surface area contributed by atoms with Crippen LogP contribution >= 0.6 is 15.9 Å². The topological polar surface area (TPSA) is 73.3 Å². The molecule has 156 valence electrons. The number of primary amides is 1. The van der Waals surface area contributed by atoms with Crippen molar-refractivity contribution in [3.05, 3.63) is 86.7 Å². The Morgan fingerprint density at radius 3 is 2.17 bits per heavy atom. The molecule has 0 unspecified atom stereocenters. The third-order valence-corrected chi connectivity index (χ3v) is 7.00. The zero-order valence-electron chi connectivity index (χ0n) is 16.9. The first-order chi connectivity index (χ1) is 14.4. The molecule has 30 heavy (non-hydrogen) atoms. The van der Waals surface area contributed by atoms with Gasteiger partial charge < -0.3 is 5.73 Å². The summed E-state index contributed by atoms with van der Waals surface area (Å²) in [5.74, 6) is -0.267. The van der Waals surface area contributed by atoms with Gasteiger partial charge in [-0.3, -0.25) is 19.2 Å². The van der Waals surface area contributed by atoms with Crippen LogP contribution in [-0.4, -0.2) is 33.3 Å². The minimum absolute atomic E-state index is 0.0773. The molecule has 0 spiro atoms. The average molecular weight is 469 g/mol. The summed E-state index contributed by atoms with van der Waals surface area (Å²) in [6, 6.07) is 19.4. The van der Waals surface area contributed by atoms with E-state index in [0.29, 0.717) is 23.9 Å². The first-order valence-electron chi connectivity index (χ1n) is 10.0. The smallest absolute Gasteiger partial charge is 0.286 e. The molecule has 2 N–H and O–H groups in total. The van der Waals surface area contributed by atoms with Crippen molar-refractivity contribution >= 4 is 21.8 Å². The fourth-order valence-corrected chi connectivity index (χ4v) is 4.94. The van der Waals surface area contributed by atoms with Crippen LogP contribution in [0.3, 0.4) is 0 Å². The van der Waals surface area contributed by atoms with Gasteiger partial charge in [0.1, 0.15) is 4.47 Å². The second kappa shape index (κ2) is 8.24. The first kappa shape index (κ1) is 20.6. The van der Waals surface area contributed by atoms with Crippen molar-refractivity contribution in [3.8, 4) is 5.69 Å². The molecule has 0 saturated carbocycles. The van der Waals surface area contributed by atoms with Crippen molar-refractivity contribution in [2.24, 2.45) is 12.8 Å². The summed E-state index contributed by atoms with van der Waals surface area (Å²) in [6.45, 7) is 2.08. The molecule has 1 saturated heterocycles. The third kappa shape index (κ3) is 3.52. The van der Waals surface area contributed by atoms with Gasteiger partial charge in [0.15, 0.2) is 0 Å². The molecule has 1 aliphatic rings. The van der Waals surface area contributed by atoms with Gasteiger partial charge in [0.05, 0.1) is 16.8 Å². The predicted molar refractivity (Wildman–Crippen MR) is 121 cm³/mol. The van der Waals surface area contributed by atoms with Crippen LogP contribution < -0.4 is 11.3 Å². The molecule has 7 heteroatoms. The molecule has 2 heterocycles. The van der Waals surface area contributed by atoms with Gasteiger partial charge in [-0.1, -0.05) is 48.5 Å². The quantitative estimate of drug-likeness (QED) is 0.625. The molecule has 1 fully saturated rings. The van der Waals surface area contributed by atoms with Crippen molar-refractivity contribution in [2.75, 3.05) is 13.1 Å². The second-order valence-electron chi connectivity index (χ2n) is 7.83. The van der Waals surface area contributed by atoms with Gasteiger partial charge in [-0.05, 0) is 59.6 Å². The summed E-state index contributed by atoms with van der Waals surface area (Å²) >= 11 is 3.50. The fraction of sp³-hybridized carbons (Fsp3) is 0.304. The summed E-state index contributed by atoms with van der Waals surface area (Å²) < 4.78 is 4.14. The van der Waals surface area contributed by atoms with Gasteiger partial charge in [0.2, 0.25) is 5.91 Å². The summed E-state index contributed by atoms with van der Waals surface area (Å²) in [7, 11) is 1.90. The highest BCUT2D eigenvalue weighted by molar-refractivity contribution is 9.10. The van der Waals surface area contributed by atoms with Crippen LogP contribution in [0.1, 0.15) is 24.1 Å². The van der Waals surface area contributed by atoms with E-state index in [9.17, 15) is 9.59 Å². The Bertz CT molecular complexity index is 1100. The number of hydrogen-bond donors (Lipinski definition) is 1. The lowest BCUT2D eigenvalue weighted by Crippen LogP contribution is -2.50. The maximum atomic E-state index is 12.8. The monoisotopic (exact) mass is 468 g/mol. The highest BCUT2D eigenvalue weighted by Gasteiger charge is 2.41. The third-order valence-electron chi connectivity index (χ3n) is 6.21. The van der Waals surface area contributed by atoms with Gasteiger partial charge >= 0.3 is 0 Å². The molecule has 0 bridgehead atoms. The minimum atomic E-state index is -0.628. The normalized spacial score (nSPS) is 16.5. The molecule has 1 aromatic heterocycles. The number of hydrogen-bond acceptors (Lipinski definition) is 3. The van der Waals surface area contributed by atoms with Crippen LogP contribution in [0, 0.1) is 0 Å². The molecule has 0 atom stereocenters. The zero-order chi connectivity index (χ0) is 21.3. The molecule has 6 nitrogen and oxygen atoms in total. The summed E-state index contributed by atoms with van der Waals surface area (Å²) in [4.78, 5) is 27.5. The number of carbonyl (C=O) groups excluding carboxylic acids is 1. The fourth-order valence-electron chi connectivity index (χ4n) is 4.39. The predicted octanol–water partition coefficient (Wildman–Crippen LogP) is 2.96. The van der Waals surface area contributed by atoms with Crippen LogP contribution in [-0.2, 0) is 23.8 Å². The number of nitrogens with zero attached hydrogens (tertiary/aromatic N) is 3. The number of nitrogens with two attached hydrogens (primary N) is 1. The number of aromatic nitrogens is 2. The van der Waals surface area contributed by atoms with Crippen LogP contribution in [0.25, 0.3) is 5.69 Å². The standard InChI is InChI=1S/C23H25BrN4O2/c1-26-19(20(24)21(29)28(26)18-10-6-3-7-11-18)16-27-14-12-23(13-15-27,22(25)30)17-8-4-2-5-9-17/h2-11H,12-16H2,1H3,(H2,25,30). The Balaban J connectivity index is 1.56. The second-order valence-corrected chi connectivity index (χ2v) is 8.62. The van der Waals surface area contributed by atoms with Crippen molar-refractivity contribution in [1.82, 2.24) is 14.3 Å². The Morgan fingerprint density at radius 1 is 1.03 bits per heavy atom. The van der Waals surface area contributed by atoms with E-state index in [1.807, 2.05) is 72.4 Å². The van der Waals surface area contributed by atoms with E-state index in [1.165, 1.54) is 0 Å². The number of likely N-dealkylation sites (tertiary alicyclic amines) is 1. The molecule has 4 rings (SSSR count). The number of para-hydroxylation sites is 1. The largest absolute Gasteiger partial charge is 0.369 e. The van der Waals surface area contributed by atoms with Gasteiger partial charge in [-0.15, -0.1) is 0 Å². The van der Waals surface area contributed by atoms with Crippen LogP contribution in [0.15, 0.2) is 69.9 Å². The van der Waals surface area contributed by atoms with Gasteiger partial charge in [-0.2, -0.15) is 0 Å². The molecule has 1 aliphatic heterocycles. The van der Waals surface area contributed by atoms with Crippen molar-refractivity contribution < 1.29 is 4.79 Å². The highest BCUT2D eigenvalue weighted by atomic mass is 79.9. The Kier molecular flexibility index (Phi) is 5.66. The molecule has 0 radical (unpaired) electrons. The lowest BCUT2D eigenvalue weighted by Gasteiger charge is -2.40. The first-order valence-corrected chi connectivity index (χ1v) is 10.8. The molecular formula is C23H25BrN4O2. The highest BCUT2D eigenvalue weighted by Crippen LogP contribution is 2.36. The Hall–Kier alpha value is -2.64. The van der Waals surface area contributed by atoms with Crippen molar-refractivity contribution in [1.29, 1.82) is 0 Å². The Labute approximate surface area is 184 Å². The molecule has 2 aromatic carbocycles. The van der Waals surface area contributed by atoms with Crippen molar-refractivity contribution in [2.45, 2.75) is 24.8 Å². The summed E-state index contributed by atoms with van der Waals surface area (Å²) in [5, 5.41) is 0. The van der Waals surface area contributed by atoms with E-state index >= 15 is 0 Å². The summed E-state index contributed by atoms with van der Waals surface area (Å²) in [6.07, 6.45) is 1.33. The maximum Gasteiger partial charge on any atom is 0.286 e. The number of amides is 1. The van der Waals surface area contributed by atoms with E-state index in [-0.39, 0.29) is 11.5 Å². The number of halogens is 1. The van der Waals surface area contributed by atoms with E-state index in [4.69, 9.17) is 5.73 Å². The average Bonchev–Trinajstić information content (AvgIpc) is 2.98. The molecule has 0 aliphatic carbocycles. The lowest BCUT2D eigenvalue weighted by atomic mass is 9.72. The van der Waals surface area contributed by atoms with Gasteiger partial charge in [0, 0.05) is 13.6 Å². The van der Waals surface area contributed by atoms with Gasteiger partial charge in [0.25, 0.3) is 5.56 Å². The van der Waals surface area contributed by atoms with Crippen LogP contribution in [0.5, 0.6) is 0 Å². The number of benzene rings is 2. The van der Waals surface area contributed by atoms with E-state index in [0.717, 1.165) is 30.0 Å². The molecule has 3 aromatic rings. The SMILES string of the molecule is Cn1c(CN2CCC(C(N)=O)(c3ccccc3)CC2)c(Br)c(=O)n1-c1ccccc1. The number of carbonyl (C=O) groups is 1. The summed E-state index contributed by atoms with van der Waals surface area (Å²) in [5.41, 5.74) is 7.87. The lowest BCUT2D eigenvalue weighted by molar-refractivity contribution is -0.125. The van der Waals surface area contributed by atoms with E-state index in [2.05, 4.69) is 20.8 Å². The minimum Gasteiger partial charge on any atom is -0.369 e. The van der Waals surface area contributed by atoms with Gasteiger partial charge in [-0.25, -0.2) is 4.68 Å². The Morgan fingerprint density at radius 2 is 1.60 bits per heavy atom. The van der Waals surface area contributed by atoms with Crippen LogP contribution in [0.2, 0.25) is 0 Å². The number of rotatable bonds is 5. The van der Waals surface area contributed by atoms with E-state index < -0.39 is 5.41 Å². The van der Waals surface area contributed by atoms with E-state index in [1.54, 1.807) is 4.68 Å². The molecule has 1 amide bonds. The molecular weight excluding hydrogens is 444 g/mol. The zero-order valence-corrected chi connectivity index (χ0v) is 18.5.